The van der Waals surface area contributed by atoms with Crippen LogP contribution in [0.15, 0.2) is 0 Å². The Morgan fingerprint density at radius 1 is 1.40 bits per heavy atom. The van der Waals surface area contributed by atoms with Gasteiger partial charge in [0.2, 0.25) is 0 Å². The first kappa shape index (κ1) is 6.66. The first-order chi connectivity index (χ1) is 4.90. The third-order valence-electron chi connectivity index (χ3n) is 3.09. The van der Waals surface area contributed by atoms with E-state index < -0.39 is 0 Å². The Kier molecular flexibility index (Phi) is 1.69. The molecule has 0 radical (unpaired) electrons. The summed E-state index contributed by atoms with van der Waals surface area (Å²) < 4.78 is 5.68. The van der Waals surface area contributed by atoms with Gasteiger partial charge >= 0.3 is 0 Å². The predicted molar refractivity (Wildman–Crippen MR) is 40.9 cm³/mol. The van der Waals surface area contributed by atoms with Crippen molar-refractivity contribution in [3.63, 3.8) is 0 Å². The number of fused-ring (bicyclic) bond motifs is 3. The van der Waals surface area contributed by atoms with E-state index in [2.05, 4.69) is 6.92 Å². The lowest BCUT2D eigenvalue weighted by Gasteiger charge is -2.41. The normalized spacial score (nSPS) is 45.9. The minimum absolute atomic E-state index is 0.634. The van der Waals surface area contributed by atoms with Gasteiger partial charge in [0.05, 0.1) is 6.10 Å². The van der Waals surface area contributed by atoms with Gasteiger partial charge in [-0.2, -0.15) is 0 Å². The maximum Gasteiger partial charge on any atom is 0.0603 e. The summed E-state index contributed by atoms with van der Waals surface area (Å²) in [5.41, 5.74) is 0. The second kappa shape index (κ2) is 2.54. The molecule has 0 aromatic heterocycles. The van der Waals surface area contributed by atoms with Crippen LogP contribution in [0.4, 0.5) is 0 Å². The molecule has 3 fully saturated rings. The van der Waals surface area contributed by atoms with Crippen LogP contribution in [0.25, 0.3) is 0 Å². The van der Waals surface area contributed by atoms with Crippen LogP contribution in [0.2, 0.25) is 0 Å². The van der Waals surface area contributed by atoms with Crippen molar-refractivity contribution in [2.75, 3.05) is 6.61 Å². The van der Waals surface area contributed by atoms with E-state index in [1.807, 2.05) is 0 Å². The Labute approximate surface area is 62.8 Å². The van der Waals surface area contributed by atoms with Crippen LogP contribution >= 0.6 is 0 Å². The zero-order valence-electron chi connectivity index (χ0n) is 6.68. The molecule has 3 unspecified atom stereocenters. The average molecular weight is 140 g/mol. The van der Waals surface area contributed by atoms with Gasteiger partial charge in [0, 0.05) is 6.61 Å². The van der Waals surface area contributed by atoms with E-state index in [1.54, 1.807) is 0 Å². The van der Waals surface area contributed by atoms with Crippen LogP contribution in [0, 0.1) is 11.8 Å². The van der Waals surface area contributed by atoms with E-state index in [9.17, 15) is 0 Å². The zero-order chi connectivity index (χ0) is 6.97. The maximum absolute atomic E-state index is 5.68. The minimum Gasteiger partial charge on any atom is -0.378 e. The molecule has 2 bridgehead atoms. The monoisotopic (exact) mass is 140 g/mol. The summed E-state index contributed by atoms with van der Waals surface area (Å²) in [7, 11) is 0. The lowest BCUT2D eigenvalue weighted by Crippen LogP contribution is -2.39. The molecule has 1 saturated carbocycles. The van der Waals surface area contributed by atoms with Crippen molar-refractivity contribution in [3.05, 3.63) is 0 Å². The van der Waals surface area contributed by atoms with Crippen LogP contribution in [-0.2, 0) is 4.74 Å². The fourth-order valence-corrected chi connectivity index (χ4v) is 2.39. The second-order valence-corrected chi connectivity index (χ2v) is 3.72. The number of ether oxygens (including phenoxy) is 1. The molecular formula is C9H16O. The standard InChI is InChI=1S/C9H16O/c1-2-8-5-7-3-4-9(8)10-6-7/h7-9H,2-6H2,1H3. The van der Waals surface area contributed by atoms with Gasteiger partial charge in [0.1, 0.15) is 0 Å². The third kappa shape index (κ3) is 0.968. The van der Waals surface area contributed by atoms with E-state index in [1.165, 1.54) is 25.7 Å². The summed E-state index contributed by atoms with van der Waals surface area (Å²) in [4.78, 5) is 0. The van der Waals surface area contributed by atoms with Crippen molar-refractivity contribution < 1.29 is 4.74 Å². The zero-order valence-corrected chi connectivity index (χ0v) is 6.68. The SMILES string of the molecule is CCC1CC2CCC1OC2. The first-order valence-electron chi connectivity index (χ1n) is 4.51. The third-order valence-corrected chi connectivity index (χ3v) is 3.09. The molecular weight excluding hydrogens is 124 g/mol. The van der Waals surface area contributed by atoms with Gasteiger partial charge in [-0.3, -0.25) is 0 Å². The van der Waals surface area contributed by atoms with Crippen LogP contribution in [0.3, 0.4) is 0 Å². The molecule has 10 heavy (non-hydrogen) atoms. The molecule has 0 spiro atoms. The van der Waals surface area contributed by atoms with E-state index in [0.717, 1.165) is 18.4 Å². The number of rotatable bonds is 1. The first-order valence-corrected chi connectivity index (χ1v) is 4.51. The second-order valence-electron chi connectivity index (χ2n) is 3.72. The lowest BCUT2D eigenvalue weighted by atomic mass is 9.76. The molecule has 3 aliphatic rings. The molecule has 0 N–H and O–H groups in total. The quantitative estimate of drug-likeness (QED) is 0.542. The highest BCUT2D eigenvalue weighted by Crippen LogP contribution is 2.38. The average Bonchev–Trinajstić information content (AvgIpc) is 2.06. The van der Waals surface area contributed by atoms with Crippen molar-refractivity contribution in [1.29, 1.82) is 0 Å². The number of hydrogen-bond donors (Lipinski definition) is 0. The largest absolute Gasteiger partial charge is 0.378 e. The molecule has 2 saturated heterocycles. The van der Waals surface area contributed by atoms with Gasteiger partial charge in [-0.15, -0.1) is 0 Å². The Balaban J connectivity index is 2.01. The minimum atomic E-state index is 0.634. The fourth-order valence-electron chi connectivity index (χ4n) is 2.39. The predicted octanol–water partition coefficient (Wildman–Crippen LogP) is 2.21. The van der Waals surface area contributed by atoms with Gasteiger partial charge in [0.25, 0.3) is 0 Å². The lowest BCUT2D eigenvalue weighted by molar-refractivity contribution is -0.100. The Bertz CT molecular complexity index is 114. The highest BCUT2D eigenvalue weighted by atomic mass is 16.5. The molecule has 58 valence electrons. The highest BCUT2D eigenvalue weighted by Gasteiger charge is 2.35. The fraction of sp³-hybridized carbons (Fsp3) is 1.00. The van der Waals surface area contributed by atoms with Crippen LogP contribution in [-0.4, -0.2) is 12.7 Å². The van der Waals surface area contributed by atoms with Crippen molar-refractivity contribution in [2.45, 2.75) is 38.7 Å². The van der Waals surface area contributed by atoms with E-state index >= 15 is 0 Å². The smallest absolute Gasteiger partial charge is 0.0603 e. The molecule has 3 rings (SSSR count). The Morgan fingerprint density at radius 3 is 2.60 bits per heavy atom. The molecule has 3 atom stereocenters. The summed E-state index contributed by atoms with van der Waals surface area (Å²) in [5.74, 6) is 1.81. The van der Waals surface area contributed by atoms with Gasteiger partial charge in [-0.1, -0.05) is 13.3 Å². The van der Waals surface area contributed by atoms with Gasteiger partial charge in [-0.25, -0.2) is 0 Å². The van der Waals surface area contributed by atoms with Crippen molar-refractivity contribution in [2.24, 2.45) is 11.8 Å². The highest BCUT2D eigenvalue weighted by molar-refractivity contribution is 4.84. The summed E-state index contributed by atoms with van der Waals surface area (Å²) in [6.07, 6.45) is 6.17. The van der Waals surface area contributed by atoms with Crippen LogP contribution in [0.1, 0.15) is 32.6 Å². The maximum atomic E-state index is 5.68. The van der Waals surface area contributed by atoms with Gasteiger partial charge in [0.15, 0.2) is 0 Å². The van der Waals surface area contributed by atoms with Crippen LogP contribution < -0.4 is 0 Å². The summed E-state index contributed by atoms with van der Waals surface area (Å²) in [6, 6.07) is 0. The summed E-state index contributed by atoms with van der Waals surface area (Å²) in [5, 5.41) is 0. The molecule has 1 nitrogen and oxygen atoms in total. The molecule has 0 aromatic rings. The van der Waals surface area contributed by atoms with Crippen molar-refractivity contribution >= 4 is 0 Å². The molecule has 0 amide bonds. The molecule has 2 heterocycles. The van der Waals surface area contributed by atoms with E-state index in [0.29, 0.717) is 6.10 Å². The van der Waals surface area contributed by atoms with Crippen molar-refractivity contribution in [3.8, 4) is 0 Å². The van der Waals surface area contributed by atoms with Crippen LogP contribution in [0.5, 0.6) is 0 Å². The Hall–Kier alpha value is -0.0400. The molecule has 0 aromatic carbocycles. The van der Waals surface area contributed by atoms with E-state index in [4.69, 9.17) is 4.74 Å². The topological polar surface area (TPSA) is 9.23 Å². The molecule has 1 heteroatoms. The Morgan fingerprint density at radius 2 is 2.30 bits per heavy atom. The summed E-state index contributed by atoms with van der Waals surface area (Å²) in [6.45, 7) is 3.34. The molecule has 2 aliphatic heterocycles. The van der Waals surface area contributed by atoms with Gasteiger partial charge in [-0.05, 0) is 31.1 Å². The van der Waals surface area contributed by atoms with E-state index in [-0.39, 0.29) is 0 Å². The summed E-state index contributed by atoms with van der Waals surface area (Å²) >= 11 is 0. The van der Waals surface area contributed by atoms with Gasteiger partial charge < -0.3 is 4.74 Å². The molecule has 1 aliphatic carbocycles. The number of hydrogen-bond acceptors (Lipinski definition) is 1. The van der Waals surface area contributed by atoms with Crippen molar-refractivity contribution in [1.82, 2.24) is 0 Å².